The van der Waals surface area contributed by atoms with E-state index >= 15 is 0 Å². The zero-order valence-corrected chi connectivity index (χ0v) is 13.8. The number of benzene rings is 1. The second-order valence-corrected chi connectivity index (χ2v) is 7.53. The van der Waals surface area contributed by atoms with E-state index < -0.39 is 0 Å². The van der Waals surface area contributed by atoms with Gasteiger partial charge in [0.15, 0.2) is 5.17 Å². The van der Waals surface area contributed by atoms with E-state index in [2.05, 4.69) is 35.0 Å². The summed E-state index contributed by atoms with van der Waals surface area (Å²) in [5.41, 5.74) is 2.27. The van der Waals surface area contributed by atoms with E-state index in [1.807, 2.05) is 42.2 Å². The first-order valence-electron chi connectivity index (χ1n) is 7.40. The van der Waals surface area contributed by atoms with E-state index in [9.17, 15) is 0 Å². The molecule has 0 amide bonds. The fourth-order valence-electron chi connectivity index (χ4n) is 3.14. The number of hydrogen-bond donors (Lipinski definition) is 0. The SMILES string of the molecule is C[C@@H]1CN2C(=N[C@H](c3ccccn3)[C@H]2c2ccc(Cl)cc2)S1. The lowest BCUT2D eigenvalue weighted by atomic mass is 9.96. The van der Waals surface area contributed by atoms with E-state index in [1.54, 1.807) is 0 Å². The van der Waals surface area contributed by atoms with Crippen LogP contribution in [0.25, 0.3) is 0 Å². The van der Waals surface area contributed by atoms with Crippen LogP contribution in [0.1, 0.15) is 30.3 Å². The summed E-state index contributed by atoms with van der Waals surface area (Å²) in [4.78, 5) is 11.9. The highest BCUT2D eigenvalue weighted by Gasteiger charge is 2.43. The number of fused-ring (bicyclic) bond motifs is 1. The van der Waals surface area contributed by atoms with Gasteiger partial charge in [0.25, 0.3) is 0 Å². The van der Waals surface area contributed by atoms with E-state index in [-0.39, 0.29) is 12.1 Å². The zero-order chi connectivity index (χ0) is 15.1. The van der Waals surface area contributed by atoms with Crippen molar-refractivity contribution in [1.82, 2.24) is 9.88 Å². The Balaban J connectivity index is 1.76. The maximum Gasteiger partial charge on any atom is 0.160 e. The second-order valence-electron chi connectivity index (χ2n) is 5.69. The quantitative estimate of drug-likeness (QED) is 0.821. The lowest BCUT2D eigenvalue weighted by molar-refractivity contribution is 0.321. The van der Waals surface area contributed by atoms with Crippen molar-refractivity contribution >= 4 is 28.5 Å². The maximum absolute atomic E-state index is 6.05. The molecule has 112 valence electrons. The predicted molar refractivity (Wildman–Crippen MR) is 92.4 cm³/mol. The third kappa shape index (κ3) is 2.40. The molecule has 4 rings (SSSR count). The second kappa shape index (κ2) is 5.60. The summed E-state index contributed by atoms with van der Waals surface area (Å²) >= 11 is 7.91. The molecule has 0 aliphatic carbocycles. The fourth-order valence-corrected chi connectivity index (χ4v) is 4.36. The van der Waals surface area contributed by atoms with E-state index in [1.165, 1.54) is 5.56 Å². The molecule has 5 heteroatoms. The largest absolute Gasteiger partial charge is 0.341 e. The van der Waals surface area contributed by atoms with Crippen LogP contribution in [-0.2, 0) is 0 Å². The highest BCUT2D eigenvalue weighted by Crippen LogP contribution is 2.47. The van der Waals surface area contributed by atoms with Gasteiger partial charge in [-0.2, -0.15) is 0 Å². The highest BCUT2D eigenvalue weighted by atomic mass is 35.5. The molecule has 1 saturated heterocycles. The van der Waals surface area contributed by atoms with Gasteiger partial charge in [-0.1, -0.05) is 48.5 Å². The van der Waals surface area contributed by atoms with Gasteiger partial charge in [0.1, 0.15) is 6.04 Å². The molecule has 0 radical (unpaired) electrons. The van der Waals surface area contributed by atoms with Crippen molar-refractivity contribution in [3.63, 3.8) is 0 Å². The van der Waals surface area contributed by atoms with Gasteiger partial charge < -0.3 is 4.90 Å². The molecule has 3 atom stereocenters. The molecule has 0 bridgehead atoms. The van der Waals surface area contributed by atoms with Crippen LogP contribution < -0.4 is 0 Å². The molecule has 2 aliphatic rings. The van der Waals surface area contributed by atoms with E-state index in [4.69, 9.17) is 16.6 Å². The molecule has 0 N–H and O–H groups in total. The predicted octanol–water partition coefficient (Wildman–Crippen LogP) is 4.32. The Hall–Kier alpha value is -1.52. The van der Waals surface area contributed by atoms with Crippen LogP contribution in [0.4, 0.5) is 0 Å². The number of amidine groups is 1. The summed E-state index contributed by atoms with van der Waals surface area (Å²) in [6.07, 6.45) is 1.84. The number of aliphatic imine (C=N–C) groups is 1. The molecule has 22 heavy (non-hydrogen) atoms. The summed E-state index contributed by atoms with van der Waals surface area (Å²) in [6.45, 7) is 3.28. The first kappa shape index (κ1) is 14.1. The topological polar surface area (TPSA) is 28.5 Å². The normalized spacial score (nSPS) is 26.9. The molecule has 0 saturated carbocycles. The fraction of sp³-hybridized carbons (Fsp3) is 0.294. The number of thioether (sulfide) groups is 1. The summed E-state index contributed by atoms with van der Waals surface area (Å²) in [5, 5.41) is 2.49. The number of rotatable bonds is 2. The van der Waals surface area contributed by atoms with Crippen molar-refractivity contribution in [2.24, 2.45) is 4.99 Å². The van der Waals surface area contributed by atoms with Gasteiger partial charge >= 0.3 is 0 Å². The van der Waals surface area contributed by atoms with Crippen LogP contribution in [-0.4, -0.2) is 26.8 Å². The summed E-state index contributed by atoms with van der Waals surface area (Å²) in [7, 11) is 0. The monoisotopic (exact) mass is 329 g/mol. The summed E-state index contributed by atoms with van der Waals surface area (Å²) in [6, 6.07) is 14.4. The first-order valence-corrected chi connectivity index (χ1v) is 8.65. The number of halogens is 1. The van der Waals surface area contributed by atoms with Crippen molar-refractivity contribution < 1.29 is 0 Å². The zero-order valence-electron chi connectivity index (χ0n) is 12.2. The number of hydrogen-bond acceptors (Lipinski definition) is 4. The molecule has 3 heterocycles. The van der Waals surface area contributed by atoms with E-state index in [0.717, 1.165) is 22.4 Å². The van der Waals surface area contributed by atoms with Gasteiger partial charge in [-0.15, -0.1) is 0 Å². The Bertz CT molecular complexity index is 702. The van der Waals surface area contributed by atoms with Crippen LogP contribution in [0.3, 0.4) is 0 Å². The van der Waals surface area contributed by atoms with Gasteiger partial charge in [-0.3, -0.25) is 9.98 Å². The van der Waals surface area contributed by atoms with Gasteiger partial charge in [0, 0.05) is 23.0 Å². The standard InChI is InChI=1S/C17H16ClN3S/c1-11-10-21-16(12-5-7-13(18)8-6-12)15(20-17(21)22-11)14-4-2-3-9-19-14/h2-9,11,15-16H,10H2,1H3/t11-,15-,16-/m1/s1. The first-order chi connectivity index (χ1) is 10.7. The molecule has 2 aromatic rings. The molecule has 0 spiro atoms. The van der Waals surface area contributed by atoms with Crippen LogP contribution in [0.5, 0.6) is 0 Å². The smallest absolute Gasteiger partial charge is 0.160 e. The molecule has 1 aromatic heterocycles. The maximum atomic E-state index is 6.05. The Kier molecular flexibility index (Phi) is 3.59. The van der Waals surface area contributed by atoms with Gasteiger partial charge in [-0.25, -0.2) is 0 Å². The van der Waals surface area contributed by atoms with Gasteiger partial charge in [0.2, 0.25) is 0 Å². The van der Waals surface area contributed by atoms with Crippen molar-refractivity contribution in [3.8, 4) is 0 Å². The lowest BCUT2D eigenvalue weighted by Gasteiger charge is -2.27. The third-order valence-corrected chi connectivity index (χ3v) is 5.45. The molecule has 2 aliphatic heterocycles. The van der Waals surface area contributed by atoms with Crippen molar-refractivity contribution in [2.45, 2.75) is 24.3 Å². The van der Waals surface area contributed by atoms with Crippen LogP contribution in [0.15, 0.2) is 53.7 Å². The molecule has 0 unspecified atom stereocenters. The minimum atomic E-state index is 0.0531. The number of pyridine rings is 1. The van der Waals surface area contributed by atoms with Gasteiger partial charge in [-0.05, 0) is 29.8 Å². The van der Waals surface area contributed by atoms with Crippen LogP contribution in [0.2, 0.25) is 5.02 Å². The Labute approximate surface area is 139 Å². The molecular weight excluding hydrogens is 314 g/mol. The number of nitrogens with zero attached hydrogens (tertiary/aromatic N) is 3. The minimum Gasteiger partial charge on any atom is -0.341 e. The van der Waals surface area contributed by atoms with Crippen molar-refractivity contribution in [1.29, 1.82) is 0 Å². The van der Waals surface area contributed by atoms with Crippen molar-refractivity contribution in [2.75, 3.05) is 6.54 Å². The summed E-state index contributed by atoms with van der Waals surface area (Å²) in [5.74, 6) is 0. The average Bonchev–Trinajstić information content (AvgIpc) is 3.05. The third-order valence-electron chi connectivity index (χ3n) is 4.09. The lowest BCUT2D eigenvalue weighted by Crippen LogP contribution is -2.28. The van der Waals surface area contributed by atoms with E-state index in [0.29, 0.717) is 5.25 Å². The van der Waals surface area contributed by atoms with Crippen LogP contribution >= 0.6 is 23.4 Å². The molecule has 1 aromatic carbocycles. The average molecular weight is 330 g/mol. The van der Waals surface area contributed by atoms with Crippen molar-refractivity contribution in [3.05, 3.63) is 64.9 Å². The molecule has 1 fully saturated rings. The molecule has 3 nitrogen and oxygen atoms in total. The Morgan fingerprint density at radius 3 is 2.73 bits per heavy atom. The highest BCUT2D eigenvalue weighted by molar-refractivity contribution is 8.14. The minimum absolute atomic E-state index is 0.0531. The van der Waals surface area contributed by atoms with Crippen LogP contribution in [0, 0.1) is 0 Å². The Morgan fingerprint density at radius 1 is 1.18 bits per heavy atom. The Morgan fingerprint density at radius 2 is 2.00 bits per heavy atom. The number of aromatic nitrogens is 1. The summed E-state index contributed by atoms with van der Waals surface area (Å²) < 4.78 is 0. The molecular formula is C17H16ClN3S. The van der Waals surface area contributed by atoms with Gasteiger partial charge in [0.05, 0.1) is 11.7 Å².